The first-order chi connectivity index (χ1) is 11.2. The first kappa shape index (κ1) is 19.4. The highest BCUT2D eigenvalue weighted by Crippen LogP contribution is 2.36. The fraction of sp³-hybridized carbons (Fsp3) is 0.500. The van der Waals surface area contributed by atoms with Gasteiger partial charge >= 0.3 is 6.18 Å². The number of halogens is 3. The lowest BCUT2D eigenvalue weighted by molar-refractivity contribution is -0.137. The molecular weight excluding hydrogens is 357 g/mol. The summed E-state index contributed by atoms with van der Waals surface area (Å²) in [5, 5.41) is 3.76. The quantitative estimate of drug-likeness (QED) is 0.807. The molecule has 0 aliphatic carbocycles. The van der Waals surface area contributed by atoms with Crippen LogP contribution in [0.1, 0.15) is 51.9 Å². The first-order valence-electron chi connectivity index (χ1n) is 7.44. The average Bonchev–Trinajstić information content (AvgIpc) is 2.96. The van der Waals surface area contributed by atoms with E-state index in [1.54, 1.807) is 0 Å². The molecule has 0 bridgehead atoms. The Hall–Kier alpha value is -1.90. The summed E-state index contributed by atoms with van der Waals surface area (Å²) in [5.41, 5.74) is -1.38. The zero-order chi connectivity index (χ0) is 19.3. The predicted molar refractivity (Wildman–Crippen MR) is 84.7 cm³/mol. The number of benzene rings is 1. The maximum absolute atomic E-state index is 12.9. The molecule has 0 radical (unpaired) electrons. The van der Waals surface area contributed by atoms with Crippen molar-refractivity contribution in [2.45, 2.75) is 55.9 Å². The van der Waals surface area contributed by atoms with E-state index >= 15 is 0 Å². The van der Waals surface area contributed by atoms with Gasteiger partial charge in [-0.2, -0.15) is 18.2 Å². The summed E-state index contributed by atoms with van der Waals surface area (Å²) in [6, 6.07) is 3.34. The SMILES string of the molecule is CC(C)(C)c1nc(C(C)(C)S(=O)(=O)c2ccc(C(F)(F)F)cc2)no1. The number of alkyl halides is 3. The van der Waals surface area contributed by atoms with Gasteiger partial charge in [-0.3, -0.25) is 0 Å². The van der Waals surface area contributed by atoms with E-state index in [1.807, 2.05) is 20.8 Å². The van der Waals surface area contributed by atoms with E-state index in [0.717, 1.165) is 24.3 Å². The van der Waals surface area contributed by atoms with Crippen molar-refractivity contribution in [3.05, 3.63) is 41.5 Å². The number of nitrogens with zero attached hydrogens (tertiary/aromatic N) is 2. The Balaban J connectivity index is 2.45. The van der Waals surface area contributed by atoms with Gasteiger partial charge in [-0.1, -0.05) is 25.9 Å². The second-order valence-corrected chi connectivity index (χ2v) is 9.71. The summed E-state index contributed by atoms with van der Waals surface area (Å²) >= 11 is 0. The molecule has 1 heterocycles. The van der Waals surface area contributed by atoms with Gasteiger partial charge in [-0.15, -0.1) is 0 Å². The molecule has 0 spiro atoms. The highest BCUT2D eigenvalue weighted by Gasteiger charge is 2.43. The molecule has 0 N–H and O–H groups in total. The van der Waals surface area contributed by atoms with Gasteiger partial charge in [0.25, 0.3) is 0 Å². The lowest BCUT2D eigenvalue weighted by atomic mass is 9.97. The number of aromatic nitrogens is 2. The summed E-state index contributed by atoms with van der Waals surface area (Å²) in [6.45, 7) is 8.28. The first-order valence-corrected chi connectivity index (χ1v) is 8.92. The zero-order valence-corrected chi connectivity index (χ0v) is 15.3. The smallest absolute Gasteiger partial charge is 0.339 e. The topological polar surface area (TPSA) is 73.1 Å². The molecule has 2 aromatic rings. The molecule has 5 nitrogen and oxygen atoms in total. The van der Waals surface area contributed by atoms with Gasteiger partial charge in [-0.05, 0) is 38.1 Å². The fourth-order valence-corrected chi connectivity index (χ4v) is 3.42. The number of hydrogen-bond acceptors (Lipinski definition) is 5. The van der Waals surface area contributed by atoms with Crippen LogP contribution >= 0.6 is 0 Å². The van der Waals surface area contributed by atoms with E-state index in [2.05, 4.69) is 10.1 Å². The number of sulfone groups is 1. The summed E-state index contributed by atoms with van der Waals surface area (Å²) < 4.78 is 67.3. The highest BCUT2D eigenvalue weighted by molar-refractivity contribution is 7.92. The number of rotatable bonds is 3. The molecule has 0 fully saturated rings. The Morgan fingerprint density at radius 2 is 1.48 bits per heavy atom. The van der Waals surface area contributed by atoms with Gasteiger partial charge in [0.1, 0.15) is 4.75 Å². The molecule has 0 saturated heterocycles. The average molecular weight is 376 g/mol. The van der Waals surface area contributed by atoms with Crippen LogP contribution in [0.4, 0.5) is 13.2 Å². The molecule has 9 heteroatoms. The largest absolute Gasteiger partial charge is 0.416 e. The van der Waals surface area contributed by atoms with E-state index in [0.29, 0.717) is 0 Å². The second kappa shape index (κ2) is 5.82. The van der Waals surface area contributed by atoms with Crippen LogP contribution in [0.2, 0.25) is 0 Å². The van der Waals surface area contributed by atoms with Gasteiger partial charge in [0.15, 0.2) is 15.7 Å². The lowest BCUT2D eigenvalue weighted by Crippen LogP contribution is -2.31. The van der Waals surface area contributed by atoms with Gasteiger partial charge in [0, 0.05) is 5.41 Å². The van der Waals surface area contributed by atoms with Crippen LogP contribution in [-0.4, -0.2) is 18.6 Å². The molecule has 0 aliphatic heterocycles. The van der Waals surface area contributed by atoms with Gasteiger partial charge in [-0.25, -0.2) is 8.42 Å². The van der Waals surface area contributed by atoms with Gasteiger partial charge in [0.2, 0.25) is 5.89 Å². The normalized spacial score (nSPS) is 13.9. The summed E-state index contributed by atoms with van der Waals surface area (Å²) in [4.78, 5) is 3.92. The summed E-state index contributed by atoms with van der Waals surface area (Å²) in [6.07, 6.45) is -4.53. The van der Waals surface area contributed by atoms with Crippen LogP contribution in [0.15, 0.2) is 33.7 Å². The Labute approximate surface area is 144 Å². The zero-order valence-electron chi connectivity index (χ0n) is 14.5. The second-order valence-electron chi connectivity index (χ2n) is 7.21. The van der Waals surface area contributed by atoms with Crippen molar-refractivity contribution in [3.63, 3.8) is 0 Å². The van der Waals surface area contributed by atoms with Gasteiger partial charge < -0.3 is 4.52 Å². The van der Waals surface area contributed by atoms with Crippen molar-refractivity contribution in [2.24, 2.45) is 0 Å². The Morgan fingerprint density at radius 3 is 1.88 bits per heavy atom. The summed E-state index contributed by atoms with van der Waals surface area (Å²) in [5.74, 6) is 0.232. The molecule has 0 amide bonds. The Morgan fingerprint density at radius 1 is 0.960 bits per heavy atom. The molecule has 2 rings (SSSR count). The van der Waals surface area contributed by atoms with Crippen LogP contribution in [0, 0.1) is 0 Å². The minimum absolute atomic E-state index is 0.0441. The van der Waals surface area contributed by atoms with Crippen LogP contribution in [-0.2, 0) is 26.2 Å². The molecule has 0 saturated carbocycles. The lowest BCUT2D eigenvalue weighted by Gasteiger charge is -2.21. The third-order valence-corrected chi connectivity index (χ3v) is 6.19. The molecule has 138 valence electrons. The highest BCUT2D eigenvalue weighted by atomic mass is 32.2. The van der Waals surface area contributed by atoms with E-state index in [1.165, 1.54) is 13.8 Å². The molecule has 25 heavy (non-hydrogen) atoms. The third kappa shape index (κ3) is 3.56. The van der Waals surface area contributed by atoms with E-state index < -0.39 is 31.7 Å². The standard InChI is InChI=1S/C16H19F3N2O3S/c1-14(2,3)13-20-12(21-24-13)15(4,5)25(22,23)11-8-6-10(7-9-11)16(17,18)19/h6-9H,1-5H3. The Kier molecular flexibility index (Phi) is 4.53. The monoisotopic (exact) mass is 376 g/mol. The van der Waals surface area contributed by atoms with Crippen molar-refractivity contribution in [1.29, 1.82) is 0 Å². The minimum Gasteiger partial charge on any atom is -0.339 e. The maximum Gasteiger partial charge on any atom is 0.416 e. The molecule has 0 unspecified atom stereocenters. The minimum atomic E-state index is -4.53. The van der Waals surface area contributed by atoms with Crippen LogP contribution < -0.4 is 0 Å². The molecule has 1 aromatic carbocycles. The molecular formula is C16H19F3N2O3S. The van der Waals surface area contributed by atoms with Crippen LogP contribution in [0.5, 0.6) is 0 Å². The fourth-order valence-electron chi connectivity index (χ4n) is 2.01. The van der Waals surface area contributed by atoms with Gasteiger partial charge in [0.05, 0.1) is 10.5 Å². The van der Waals surface area contributed by atoms with Crippen molar-refractivity contribution in [1.82, 2.24) is 10.1 Å². The molecule has 0 atom stereocenters. The van der Waals surface area contributed by atoms with E-state index in [-0.39, 0.29) is 16.6 Å². The van der Waals surface area contributed by atoms with Crippen molar-refractivity contribution in [3.8, 4) is 0 Å². The van der Waals surface area contributed by atoms with Crippen LogP contribution in [0.3, 0.4) is 0 Å². The van der Waals surface area contributed by atoms with E-state index in [9.17, 15) is 21.6 Å². The van der Waals surface area contributed by atoms with Crippen molar-refractivity contribution < 1.29 is 26.1 Å². The van der Waals surface area contributed by atoms with Crippen molar-refractivity contribution in [2.75, 3.05) is 0 Å². The predicted octanol–water partition coefficient (Wildman–Crippen LogP) is 4.09. The van der Waals surface area contributed by atoms with Crippen LogP contribution in [0.25, 0.3) is 0 Å². The van der Waals surface area contributed by atoms with E-state index in [4.69, 9.17) is 4.52 Å². The Bertz CT molecular complexity index is 861. The summed E-state index contributed by atoms with van der Waals surface area (Å²) in [7, 11) is -4.04. The maximum atomic E-state index is 12.9. The molecule has 1 aromatic heterocycles. The molecule has 0 aliphatic rings. The third-order valence-electron chi connectivity index (χ3n) is 3.77. The van der Waals surface area contributed by atoms with Crippen molar-refractivity contribution >= 4 is 9.84 Å². The number of hydrogen-bond donors (Lipinski definition) is 0.